The van der Waals surface area contributed by atoms with Crippen LogP contribution >= 0.6 is 0 Å². The third-order valence-electron chi connectivity index (χ3n) is 4.52. The van der Waals surface area contributed by atoms with Crippen molar-refractivity contribution in [3.63, 3.8) is 0 Å². The summed E-state index contributed by atoms with van der Waals surface area (Å²) < 4.78 is 5.40. The molecule has 1 aromatic heterocycles. The SMILES string of the molecule is Cc1ncc(-c2ccc(C(=O)NCC(C)C)cc2)nc1C(=N)OC(=N)c1ccccc1. The van der Waals surface area contributed by atoms with Crippen LogP contribution in [0.1, 0.15) is 41.2 Å². The Kier molecular flexibility index (Phi) is 6.87. The van der Waals surface area contributed by atoms with Gasteiger partial charge in [-0.05, 0) is 37.1 Å². The smallest absolute Gasteiger partial charge is 0.251 e. The van der Waals surface area contributed by atoms with Gasteiger partial charge in [0.05, 0.1) is 17.6 Å². The Morgan fingerprint density at radius 3 is 2.32 bits per heavy atom. The lowest BCUT2D eigenvalue weighted by Gasteiger charge is -2.11. The lowest BCUT2D eigenvalue weighted by Crippen LogP contribution is -2.27. The van der Waals surface area contributed by atoms with Crippen molar-refractivity contribution in [2.45, 2.75) is 20.8 Å². The van der Waals surface area contributed by atoms with Gasteiger partial charge in [-0.15, -0.1) is 0 Å². The molecular formula is C24H25N5O2. The van der Waals surface area contributed by atoms with Gasteiger partial charge in [0.2, 0.25) is 11.8 Å². The highest BCUT2D eigenvalue weighted by atomic mass is 16.5. The monoisotopic (exact) mass is 415 g/mol. The number of aromatic nitrogens is 2. The van der Waals surface area contributed by atoms with Crippen molar-refractivity contribution in [3.8, 4) is 11.3 Å². The van der Waals surface area contributed by atoms with E-state index < -0.39 is 0 Å². The molecule has 0 spiro atoms. The van der Waals surface area contributed by atoms with E-state index in [0.29, 0.717) is 35.0 Å². The summed E-state index contributed by atoms with van der Waals surface area (Å²) in [7, 11) is 0. The number of nitrogens with zero attached hydrogens (tertiary/aromatic N) is 2. The number of benzene rings is 2. The Morgan fingerprint density at radius 1 is 1.00 bits per heavy atom. The molecule has 2 aromatic carbocycles. The van der Waals surface area contributed by atoms with E-state index in [1.54, 1.807) is 61.7 Å². The summed E-state index contributed by atoms with van der Waals surface area (Å²) in [4.78, 5) is 21.0. The first-order valence-corrected chi connectivity index (χ1v) is 9.98. The fourth-order valence-electron chi connectivity index (χ4n) is 2.79. The second-order valence-electron chi connectivity index (χ2n) is 7.50. The molecule has 0 saturated carbocycles. The fourth-order valence-corrected chi connectivity index (χ4v) is 2.79. The van der Waals surface area contributed by atoms with Crippen LogP contribution in [0.5, 0.6) is 0 Å². The summed E-state index contributed by atoms with van der Waals surface area (Å²) in [6, 6.07) is 16.0. The zero-order valence-corrected chi connectivity index (χ0v) is 17.8. The van der Waals surface area contributed by atoms with Gasteiger partial charge in [0, 0.05) is 23.2 Å². The van der Waals surface area contributed by atoms with Crippen molar-refractivity contribution < 1.29 is 9.53 Å². The first-order valence-electron chi connectivity index (χ1n) is 9.98. The molecule has 0 aliphatic heterocycles. The van der Waals surface area contributed by atoms with Crippen LogP contribution in [0.2, 0.25) is 0 Å². The molecule has 1 heterocycles. The highest BCUT2D eigenvalue weighted by Crippen LogP contribution is 2.19. The molecule has 0 unspecified atom stereocenters. The van der Waals surface area contributed by atoms with Crippen LogP contribution in [-0.2, 0) is 4.74 Å². The molecule has 31 heavy (non-hydrogen) atoms. The summed E-state index contributed by atoms with van der Waals surface area (Å²) in [5, 5.41) is 19.2. The highest BCUT2D eigenvalue weighted by molar-refractivity contribution is 6.04. The Morgan fingerprint density at radius 2 is 1.68 bits per heavy atom. The van der Waals surface area contributed by atoms with E-state index in [4.69, 9.17) is 15.6 Å². The average Bonchev–Trinajstić information content (AvgIpc) is 2.78. The predicted molar refractivity (Wildman–Crippen MR) is 121 cm³/mol. The lowest BCUT2D eigenvalue weighted by molar-refractivity contribution is 0.0949. The summed E-state index contributed by atoms with van der Waals surface area (Å²) in [5.41, 5.74) is 3.24. The highest BCUT2D eigenvalue weighted by Gasteiger charge is 2.15. The van der Waals surface area contributed by atoms with Crippen molar-refractivity contribution in [3.05, 3.63) is 83.3 Å². The van der Waals surface area contributed by atoms with Gasteiger partial charge in [-0.3, -0.25) is 20.6 Å². The second kappa shape index (κ2) is 9.75. The van der Waals surface area contributed by atoms with Crippen LogP contribution in [0, 0.1) is 23.7 Å². The van der Waals surface area contributed by atoms with Gasteiger partial charge in [0.15, 0.2) is 0 Å². The molecule has 0 atom stereocenters. The number of carbonyl (C=O) groups is 1. The van der Waals surface area contributed by atoms with E-state index in [-0.39, 0.29) is 23.4 Å². The molecule has 0 saturated heterocycles. The summed E-state index contributed by atoms with van der Waals surface area (Å²) in [5.74, 6) is -0.115. The normalized spacial score (nSPS) is 10.6. The van der Waals surface area contributed by atoms with E-state index in [1.165, 1.54) is 0 Å². The largest absolute Gasteiger partial charge is 0.419 e. The van der Waals surface area contributed by atoms with Crippen molar-refractivity contribution in [1.82, 2.24) is 15.3 Å². The number of nitrogens with one attached hydrogen (secondary N) is 3. The number of ether oxygens (including phenoxy) is 1. The van der Waals surface area contributed by atoms with Crippen LogP contribution in [0.25, 0.3) is 11.3 Å². The van der Waals surface area contributed by atoms with Crippen molar-refractivity contribution in [2.24, 2.45) is 5.92 Å². The third kappa shape index (κ3) is 5.60. The number of rotatable bonds is 6. The Hall–Kier alpha value is -3.87. The summed E-state index contributed by atoms with van der Waals surface area (Å²) in [6.45, 7) is 6.44. The van der Waals surface area contributed by atoms with E-state index in [9.17, 15) is 4.79 Å². The molecule has 1 amide bonds. The van der Waals surface area contributed by atoms with Gasteiger partial charge in [-0.25, -0.2) is 4.98 Å². The maximum absolute atomic E-state index is 12.2. The Labute approximate surface area is 181 Å². The quantitative estimate of drug-likeness (QED) is 0.414. The summed E-state index contributed by atoms with van der Waals surface area (Å²) >= 11 is 0. The van der Waals surface area contributed by atoms with Crippen molar-refractivity contribution in [2.75, 3.05) is 6.54 Å². The van der Waals surface area contributed by atoms with Crippen molar-refractivity contribution in [1.29, 1.82) is 10.8 Å². The van der Waals surface area contributed by atoms with E-state index in [0.717, 1.165) is 5.56 Å². The number of aryl methyl sites for hydroxylation is 1. The molecule has 0 fully saturated rings. The maximum atomic E-state index is 12.2. The molecular weight excluding hydrogens is 390 g/mol. The van der Waals surface area contributed by atoms with E-state index >= 15 is 0 Å². The number of amides is 1. The Bertz CT molecular complexity index is 1090. The Balaban J connectivity index is 1.76. The molecule has 0 radical (unpaired) electrons. The number of hydrogen-bond acceptors (Lipinski definition) is 6. The topological polar surface area (TPSA) is 112 Å². The van der Waals surface area contributed by atoms with E-state index in [2.05, 4.69) is 15.3 Å². The van der Waals surface area contributed by atoms with Crippen LogP contribution < -0.4 is 5.32 Å². The molecule has 0 bridgehead atoms. The van der Waals surface area contributed by atoms with Gasteiger partial charge in [0.1, 0.15) is 5.69 Å². The fraction of sp³-hybridized carbons (Fsp3) is 0.208. The molecule has 7 heteroatoms. The molecule has 3 rings (SSSR count). The van der Waals surface area contributed by atoms with Gasteiger partial charge >= 0.3 is 0 Å². The van der Waals surface area contributed by atoms with Gasteiger partial charge in [0.25, 0.3) is 5.91 Å². The molecule has 0 aliphatic rings. The zero-order chi connectivity index (χ0) is 22.4. The predicted octanol–water partition coefficient (Wildman–Crippen LogP) is 4.21. The first-order chi connectivity index (χ1) is 14.8. The van der Waals surface area contributed by atoms with Gasteiger partial charge in [-0.1, -0.05) is 44.2 Å². The van der Waals surface area contributed by atoms with Crippen LogP contribution in [-0.4, -0.2) is 34.2 Å². The minimum atomic E-state index is -0.245. The van der Waals surface area contributed by atoms with Crippen LogP contribution in [0.4, 0.5) is 0 Å². The molecule has 3 N–H and O–H groups in total. The molecule has 7 nitrogen and oxygen atoms in total. The maximum Gasteiger partial charge on any atom is 0.251 e. The van der Waals surface area contributed by atoms with Crippen LogP contribution in [0.3, 0.4) is 0 Å². The minimum absolute atomic E-state index is 0.120. The average molecular weight is 415 g/mol. The summed E-state index contributed by atoms with van der Waals surface area (Å²) in [6.07, 6.45) is 1.61. The third-order valence-corrected chi connectivity index (χ3v) is 4.52. The van der Waals surface area contributed by atoms with Crippen LogP contribution in [0.15, 0.2) is 60.8 Å². The standard InChI is InChI=1S/C24H25N5O2/c1-15(2)13-28-24(30)19-11-9-17(10-12-19)20-14-27-16(3)21(29-20)23(26)31-22(25)18-7-5-4-6-8-18/h4-12,14-15,25-26H,13H2,1-3H3,(H,28,30). The minimum Gasteiger partial charge on any atom is -0.419 e. The number of carbonyl (C=O) groups excluding carboxylic acids is 1. The molecule has 3 aromatic rings. The zero-order valence-electron chi connectivity index (χ0n) is 17.8. The first kappa shape index (κ1) is 21.8. The van der Waals surface area contributed by atoms with Gasteiger partial charge < -0.3 is 10.1 Å². The molecule has 158 valence electrons. The lowest BCUT2D eigenvalue weighted by atomic mass is 10.1. The van der Waals surface area contributed by atoms with Crippen molar-refractivity contribution >= 4 is 17.7 Å². The van der Waals surface area contributed by atoms with Gasteiger partial charge in [-0.2, -0.15) is 0 Å². The second-order valence-corrected chi connectivity index (χ2v) is 7.50. The van der Waals surface area contributed by atoms with E-state index in [1.807, 2.05) is 19.9 Å². The molecule has 0 aliphatic carbocycles. The number of hydrogen-bond donors (Lipinski definition) is 3.